The average Bonchev–Trinajstić information content (AvgIpc) is 3.43. The Morgan fingerprint density at radius 3 is 2.14 bits per heavy atom. The number of benzene rings is 3. The SMILES string of the molecule is O=C(Nc1ccc(C(=O)/C=C/c2ccsc2)cc1)/C(=C/c1c(Cl)cccc1Cl)NC(=O)c1ccccc1. The number of thiophene rings is 1. The summed E-state index contributed by atoms with van der Waals surface area (Å²) < 4.78 is 0. The molecule has 4 rings (SSSR count). The fourth-order valence-electron chi connectivity index (χ4n) is 3.29. The van der Waals surface area contributed by atoms with Gasteiger partial charge in [0.05, 0.1) is 0 Å². The Balaban J connectivity index is 1.54. The molecule has 3 aromatic carbocycles. The topological polar surface area (TPSA) is 75.3 Å². The molecule has 0 saturated carbocycles. The molecule has 2 N–H and O–H groups in total. The molecule has 4 aromatic rings. The number of allylic oxidation sites excluding steroid dienone is 1. The number of ketones is 1. The molecule has 1 heterocycles. The van der Waals surface area contributed by atoms with Gasteiger partial charge in [0.15, 0.2) is 5.78 Å². The molecule has 0 radical (unpaired) electrons. The third-order valence-electron chi connectivity index (χ3n) is 5.21. The van der Waals surface area contributed by atoms with E-state index >= 15 is 0 Å². The Kier molecular flexibility index (Phi) is 8.69. The van der Waals surface area contributed by atoms with Gasteiger partial charge in [-0.05, 0) is 83.1 Å². The van der Waals surface area contributed by atoms with Gasteiger partial charge in [-0.15, -0.1) is 0 Å². The van der Waals surface area contributed by atoms with E-state index in [4.69, 9.17) is 23.2 Å². The number of nitrogens with one attached hydrogen (secondary N) is 2. The van der Waals surface area contributed by atoms with E-state index in [1.807, 2.05) is 16.8 Å². The van der Waals surface area contributed by atoms with Crippen LogP contribution in [0.25, 0.3) is 12.2 Å². The monoisotopic (exact) mass is 546 g/mol. The minimum Gasteiger partial charge on any atom is -0.321 e. The van der Waals surface area contributed by atoms with Crippen LogP contribution in [0, 0.1) is 0 Å². The Morgan fingerprint density at radius 1 is 0.784 bits per heavy atom. The number of amides is 2. The minimum atomic E-state index is -0.586. The van der Waals surface area contributed by atoms with Gasteiger partial charge in [0, 0.05) is 32.4 Å². The second-order valence-electron chi connectivity index (χ2n) is 7.80. The summed E-state index contributed by atoms with van der Waals surface area (Å²) in [6, 6.07) is 21.8. The van der Waals surface area contributed by atoms with Crippen LogP contribution in [0.3, 0.4) is 0 Å². The molecule has 0 fully saturated rings. The standard InChI is InChI=1S/C29H20Cl2N2O3S/c30-24-7-4-8-25(31)23(24)17-26(33-28(35)21-5-2-1-3-6-21)29(36)32-22-12-10-20(11-13-22)27(34)14-9-19-15-16-37-18-19/h1-18H,(H,32,36)(H,33,35)/b14-9+,26-17-. The molecule has 184 valence electrons. The number of carbonyl (C=O) groups is 3. The van der Waals surface area contributed by atoms with Crippen molar-refractivity contribution < 1.29 is 14.4 Å². The van der Waals surface area contributed by atoms with Gasteiger partial charge in [-0.3, -0.25) is 14.4 Å². The molecule has 0 atom stereocenters. The fourth-order valence-corrected chi connectivity index (χ4v) is 4.42. The Morgan fingerprint density at radius 2 is 1.49 bits per heavy atom. The van der Waals surface area contributed by atoms with Crippen molar-refractivity contribution in [3.05, 3.63) is 134 Å². The van der Waals surface area contributed by atoms with Crippen LogP contribution in [0.5, 0.6) is 0 Å². The van der Waals surface area contributed by atoms with Gasteiger partial charge in [-0.1, -0.05) is 53.5 Å². The summed E-state index contributed by atoms with van der Waals surface area (Å²) in [6.07, 6.45) is 4.68. The first-order valence-electron chi connectivity index (χ1n) is 11.1. The quantitative estimate of drug-likeness (QED) is 0.179. The number of hydrogen-bond acceptors (Lipinski definition) is 4. The summed E-state index contributed by atoms with van der Waals surface area (Å²) in [5.74, 6) is -1.21. The van der Waals surface area contributed by atoms with Crippen LogP contribution >= 0.6 is 34.5 Å². The lowest BCUT2D eigenvalue weighted by Crippen LogP contribution is -2.30. The van der Waals surface area contributed by atoms with E-state index in [0.717, 1.165) is 5.56 Å². The summed E-state index contributed by atoms with van der Waals surface area (Å²) in [7, 11) is 0. The van der Waals surface area contributed by atoms with Crippen LogP contribution in [0.2, 0.25) is 10.0 Å². The van der Waals surface area contributed by atoms with Gasteiger partial charge in [-0.2, -0.15) is 11.3 Å². The number of hydrogen-bond donors (Lipinski definition) is 2. The van der Waals surface area contributed by atoms with E-state index < -0.39 is 11.8 Å². The highest BCUT2D eigenvalue weighted by molar-refractivity contribution is 7.08. The van der Waals surface area contributed by atoms with E-state index in [1.54, 1.807) is 90.2 Å². The number of carbonyl (C=O) groups excluding carboxylic acids is 3. The minimum absolute atomic E-state index is 0.0531. The zero-order valence-corrected chi connectivity index (χ0v) is 21.6. The summed E-state index contributed by atoms with van der Waals surface area (Å²) in [5, 5.41) is 9.92. The maximum Gasteiger partial charge on any atom is 0.272 e. The van der Waals surface area contributed by atoms with Crippen molar-refractivity contribution >= 4 is 70.0 Å². The Labute approximate surface area is 228 Å². The number of anilines is 1. The highest BCUT2D eigenvalue weighted by Crippen LogP contribution is 2.27. The van der Waals surface area contributed by atoms with E-state index in [-0.39, 0.29) is 11.5 Å². The van der Waals surface area contributed by atoms with Crippen molar-refractivity contribution in [2.24, 2.45) is 0 Å². The summed E-state index contributed by atoms with van der Waals surface area (Å²) >= 11 is 14.1. The smallest absolute Gasteiger partial charge is 0.272 e. The van der Waals surface area contributed by atoms with E-state index in [9.17, 15) is 14.4 Å². The van der Waals surface area contributed by atoms with Crippen molar-refractivity contribution in [3.63, 3.8) is 0 Å². The summed E-state index contributed by atoms with van der Waals surface area (Å²) in [5.41, 5.74) is 2.59. The van der Waals surface area contributed by atoms with Gasteiger partial charge >= 0.3 is 0 Å². The molecule has 0 unspecified atom stereocenters. The zero-order valence-electron chi connectivity index (χ0n) is 19.3. The van der Waals surface area contributed by atoms with Gasteiger partial charge in [0.2, 0.25) is 0 Å². The molecule has 0 aliphatic carbocycles. The summed E-state index contributed by atoms with van der Waals surface area (Å²) in [6.45, 7) is 0. The third-order valence-corrected chi connectivity index (χ3v) is 6.58. The highest BCUT2D eigenvalue weighted by atomic mass is 35.5. The second kappa shape index (κ2) is 12.3. The molecular formula is C29H20Cl2N2O3S. The van der Waals surface area contributed by atoms with Crippen molar-refractivity contribution in [1.82, 2.24) is 5.32 Å². The molecule has 1 aromatic heterocycles. The predicted molar refractivity (Wildman–Crippen MR) is 151 cm³/mol. The second-order valence-corrected chi connectivity index (χ2v) is 9.39. The maximum atomic E-state index is 13.2. The van der Waals surface area contributed by atoms with Crippen molar-refractivity contribution in [3.8, 4) is 0 Å². The maximum absolute atomic E-state index is 13.2. The van der Waals surface area contributed by atoms with Crippen molar-refractivity contribution in [1.29, 1.82) is 0 Å². The highest BCUT2D eigenvalue weighted by Gasteiger charge is 2.17. The Bertz CT molecular complexity index is 1460. The predicted octanol–water partition coefficient (Wildman–Crippen LogP) is 7.36. The number of rotatable bonds is 8. The first-order valence-corrected chi connectivity index (χ1v) is 12.8. The average molecular weight is 547 g/mol. The largest absolute Gasteiger partial charge is 0.321 e. The van der Waals surface area contributed by atoms with Crippen LogP contribution in [0.1, 0.15) is 31.8 Å². The molecular weight excluding hydrogens is 527 g/mol. The molecule has 2 amide bonds. The molecule has 37 heavy (non-hydrogen) atoms. The molecule has 0 saturated heterocycles. The van der Waals surface area contributed by atoms with Gasteiger partial charge < -0.3 is 10.6 Å². The lowest BCUT2D eigenvalue weighted by molar-refractivity contribution is -0.113. The zero-order chi connectivity index (χ0) is 26.2. The van der Waals surface area contributed by atoms with Crippen LogP contribution < -0.4 is 10.6 Å². The first-order chi connectivity index (χ1) is 17.9. The summed E-state index contributed by atoms with van der Waals surface area (Å²) in [4.78, 5) is 38.5. The molecule has 0 bridgehead atoms. The van der Waals surface area contributed by atoms with Crippen LogP contribution in [-0.2, 0) is 4.79 Å². The first kappa shape index (κ1) is 26.1. The normalized spacial score (nSPS) is 11.4. The van der Waals surface area contributed by atoms with E-state index in [2.05, 4.69) is 10.6 Å². The molecule has 5 nitrogen and oxygen atoms in total. The van der Waals surface area contributed by atoms with Crippen LogP contribution in [0.4, 0.5) is 5.69 Å². The molecule has 8 heteroatoms. The molecule has 0 aliphatic rings. The van der Waals surface area contributed by atoms with Gasteiger partial charge in [0.25, 0.3) is 11.8 Å². The fraction of sp³-hybridized carbons (Fsp3) is 0. The lowest BCUT2D eigenvalue weighted by Gasteiger charge is -2.12. The van der Waals surface area contributed by atoms with Crippen LogP contribution in [0.15, 0.2) is 101 Å². The van der Waals surface area contributed by atoms with Gasteiger partial charge in [-0.25, -0.2) is 0 Å². The van der Waals surface area contributed by atoms with E-state index in [0.29, 0.717) is 32.4 Å². The van der Waals surface area contributed by atoms with Crippen molar-refractivity contribution in [2.75, 3.05) is 5.32 Å². The van der Waals surface area contributed by atoms with Gasteiger partial charge in [0.1, 0.15) is 5.70 Å². The van der Waals surface area contributed by atoms with E-state index in [1.165, 1.54) is 12.2 Å². The van der Waals surface area contributed by atoms with Crippen molar-refractivity contribution in [2.45, 2.75) is 0 Å². The third kappa shape index (κ3) is 7.05. The number of halogens is 2. The lowest BCUT2D eigenvalue weighted by atomic mass is 10.1. The molecule has 0 aliphatic heterocycles. The molecule has 0 spiro atoms. The van der Waals surface area contributed by atoms with Crippen LogP contribution in [-0.4, -0.2) is 17.6 Å². The Hall–Kier alpha value is -3.97.